The third-order valence-electron chi connectivity index (χ3n) is 5.42. The Labute approximate surface area is 184 Å². The molecule has 2 aliphatic heterocycles. The minimum absolute atomic E-state index is 0.200. The average molecular weight is 484 g/mol. The van der Waals surface area contributed by atoms with E-state index in [0.29, 0.717) is 0 Å². The van der Waals surface area contributed by atoms with Crippen molar-refractivity contribution in [2.24, 2.45) is 0 Å². The Kier molecular flexibility index (Phi) is 7.36. The molecular weight excluding hydrogens is 462 g/mol. The van der Waals surface area contributed by atoms with Gasteiger partial charge in [-0.1, -0.05) is 11.6 Å². The first-order valence-electron chi connectivity index (χ1n) is 9.25. The minimum Gasteiger partial charge on any atom is -0.393 e. The zero-order chi connectivity index (χ0) is 24.0. The first-order chi connectivity index (χ1) is 14.9. The van der Waals surface area contributed by atoms with Crippen LogP contribution in [0.15, 0.2) is 18.2 Å². The van der Waals surface area contributed by atoms with Crippen LogP contribution in [0.25, 0.3) is 0 Å². The average Bonchev–Trinajstić information content (AvgIpc) is 2.75. The van der Waals surface area contributed by atoms with E-state index in [-0.39, 0.29) is 10.6 Å². The molecule has 10 atom stereocenters. The predicted octanol–water partition coefficient (Wildman–Crippen LogP) is -3.35. The van der Waals surface area contributed by atoms with E-state index in [2.05, 4.69) is 0 Å². The van der Waals surface area contributed by atoms with Gasteiger partial charge in [-0.05, 0) is 6.07 Å². The van der Waals surface area contributed by atoms with Gasteiger partial charge < -0.3 is 55.1 Å². The zero-order valence-corrected chi connectivity index (χ0v) is 16.8. The van der Waals surface area contributed by atoms with Gasteiger partial charge in [0.1, 0.15) is 42.2 Å². The van der Waals surface area contributed by atoms with E-state index in [0.717, 1.165) is 18.2 Å². The summed E-state index contributed by atoms with van der Waals surface area (Å²) in [5.41, 5.74) is -2.89. The molecule has 0 bridgehead atoms. The quantitative estimate of drug-likeness (QED) is 0.151. The summed E-state index contributed by atoms with van der Waals surface area (Å²) < 4.78 is 15.7. The number of hydrogen-bond acceptors (Lipinski definition) is 13. The van der Waals surface area contributed by atoms with Crippen molar-refractivity contribution in [3.8, 4) is 0 Å². The molecular formula is C17H22ClNO13. The van der Waals surface area contributed by atoms with Crippen molar-refractivity contribution in [2.45, 2.75) is 61.1 Å². The summed E-state index contributed by atoms with van der Waals surface area (Å²) in [6, 6.07) is 2.97. The van der Waals surface area contributed by atoms with Gasteiger partial charge in [0.25, 0.3) is 5.69 Å². The van der Waals surface area contributed by atoms with E-state index in [4.69, 9.17) is 25.8 Å². The smallest absolute Gasteiger partial charge is 0.270 e. The molecule has 0 aromatic heterocycles. The molecule has 0 saturated carbocycles. The van der Waals surface area contributed by atoms with Crippen molar-refractivity contribution in [2.75, 3.05) is 6.61 Å². The van der Waals surface area contributed by atoms with Gasteiger partial charge in [-0.3, -0.25) is 10.1 Å². The number of aliphatic hydroxyl groups is 8. The number of hydrogen-bond donors (Lipinski definition) is 8. The lowest BCUT2D eigenvalue weighted by Gasteiger charge is -2.50. The Morgan fingerprint density at radius 2 is 1.62 bits per heavy atom. The first kappa shape index (κ1) is 25.1. The van der Waals surface area contributed by atoms with Crippen molar-refractivity contribution in [1.82, 2.24) is 0 Å². The van der Waals surface area contributed by atoms with Gasteiger partial charge in [0.2, 0.25) is 0 Å². The number of aliphatic hydroxyl groups excluding tert-OH is 8. The number of rotatable bonds is 5. The van der Waals surface area contributed by atoms with E-state index in [1.165, 1.54) is 0 Å². The molecule has 2 heterocycles. The molecule has 8 N–H and O–H groups in total. The van der Waals surface area contributed by atoms with Gasteiger partial charge in [0.05, 0.1) is 16.6 Å². The van der Waals surface area contributed by atoms with E-state index in [9.17, 15) is 51.0 Å². The molecule has 0 radical (unpaired) electrons. The maximum Gasteiger partial charge on any atom is 0.270 e. The molecule has 15 heteroatoms. The third kappa shape index (κ3) is 4.21. The van der Waals surface area contributed by atoms with Gasteiger partial charge in [-0.15, -0.1) is 0 Å². The van der Waals surface area contributed by atoms with Crippen LogP contribution in [0.4, 0.5) is 5.69 Å². The molecule has 2 aliphatic rings. The van der Waals surface area contributed by atoms with Crippen LogP contribution in [-0.2, 0) is 19.8 Å². The summed E-state index contributed by atoms with van der Waals surface area (Å²) in [7, 11) is 0. The molecule has 1 aromatic carbocycles. The fourth-order valence-electron chi connectivity index (χ4n) is 3.64. The van der Waals surface area contributed by atoms with Gasteiger partial charge in [0, 0.05) is 17.7 Å². The highest BCUT2D eigenvalue weighted by Crippen LogP contribution is 2.44. The lowest BCUT2D eigenvalue weighted by molar-refractivity contribution is -0.395. The fraction of sp³-hybridized carbons (Fsp3) is 0.647. The molecule has 0 unspecified atom stereocenters. The van der Waals surface area contributed by atoms with Crippen molar-refractivity contribution in [3.63, 3.8) is 0 Å². The minimum atomic E-state index is -2.26. The van der Waals surface area contributed by atoms with Gasteiger partial charge in [-0.25, -0.2) is 0 Å². The van der Waals surface area contributed by atoms with Crippen LogP contribution in [0, 0.1) is 10.1 Å². The zero-order valence-electron chi connectivity index (χ0n) is 16.1. The van der Waals surface area contributed by atoms with Crippen LogP contribution in [0.3, 0.4) is 0 Å². The van der Waals surface area contributed by atoms with Crippen molar-refractivity contribution >= 4 is 17.3 Å². The van der Waals surface area contributed by atoms with Crippen molar-refractivity contribution in [1.29, 1.82) is 0 Å². The predicted molar refractivity (Wildman–Crippen MR) is 99.7 cm³/mol. The van der Waals surface area contributed by atoms with Crippen LogP contribution in [0.5, 0.6) is 0 Å². The Hall–Kier alpha value is -1.53. The van der Waals surface area contributed by atoms with Crippen LogP contribution >= 0.6 is 11.6 Å². The van der Waals surface area contributed by atoms with E-state index in [1.54, 1.807) is 0 Å². The second-order valence-corrected chi connectivity index (χ2v) is 7.79. The molecule has 3 rings (SSSR count). The molecule has 0 spiro atoms. The van der Waals surface area contributed by atoms with Crippen LogP contribution in [-0.4, -0.2) is 108 Å². The van der Waals surface area contributed by atoms with E-state index in [1.807, 2.05) is 0 Å². The summed E-state index contributed by atoms with van der Waals surface area (Å²) in [6.07, 6.45) is -17.7. The monoisotopic (exact) mass is 483 g/mol. The topological polar surface area (TPSA) is 233 Å². The second-order valence-electron chi connectivity index (χ2n) is 7.38. The molecule has 2 fully saturated rings. The van der Waals surface area contributed by atoms with Crippen LogP contribution in [0.1, 0.15) is 5.56 Å². The highest BCUT2D eigenvalue weighted by molar-refractivity contribution is 6.31. The molecule has 1 aromatic rings. The van der Waals surface area contributed by atoms with Gasteiger partial charge >= 0.3 is 0 Å². The number of nitro groups is 1. The van der Waals surface area contributed by atoms with E-state index >= 15 is 0 Å². The summed E-state index contributed by atoms with van der Waals surface area (Å²) >= 11 is 6.14. The Bertz CT molecular complexity index is 845. The Morgan fingerprint density at radius 1 is 1.00 bits per heavy atom. The lowest BCUT2D eigenvalue weighted by Crippen LogP contribution is -2.67. The van der Waals surface area contributed by atoms with Crippen molar-refractivity contribution < 1.29 is 60.0 Å². The fourth-order valence-corrected chi connectivity index (χ4v) is 3.98. The highest BCUT2D eigenvalue weighted by atomic mass is 35.5. The highest BCUT2D eigenvalue weighted by Gasteiger charge is 2.58. The molecule has 14 nitrogen and oxygen atoms in total. The molecule has 32 heavy (non-hydrogen) atoms. The second kappa shape index (κ2) is 9.38. The standard InChI is InChI=1S/C17H22ClNO13/c18-7-3-5(19(28)29)1-2-6(7)17(4-20)13(9(22)11(24)15(27)32-17)30-16-12(25)8(21)10(23)14(26)31-16/h1-3,8-16,20-27H,4H2/t8-,9-,10-,11+,12+,13-,14-,15+,16+,17-/m0/s1. The number of nitro benzene ring substituents is 1. The molecule has 0 aliphatic carbocycles. The SMILES string of the molecule is O=[N+]([O-])c1ccc([C@]2(CO)O[C@@H](O)[C@H](O)[C@H](O)[C@@H]2O[C@@H]2O[C@H](O)[C@@H](O)[C@H](O)[C@H]2O)c(Cl)c1. The number of nitrogens with zero attached hydrogens (tertiary/aromatic N) is 1. The van der Waals surface area contributed by atoms with E-state index < -0.39 is 78.3 Å². The Balaban J connectivity index is 2.05. The Morgan fingerprint density at radius 3 is 2.19 bits per heavy atom. The maximum absolute atomic E-state index is 11.0. The molecule has 180 valence electrons. The largest absolute Gasteiger partial charge is 0.393 e. The normalized spacial score (nSPS) is 42.6. The number of ether oxygens (including phenoxy) is 3. The lowest BCUT2D eigenvalue weighted by atomic mass is 9.81. The van der Waals surface area contributed by atoms with Crippen LogP contribution < -0.4 is 0 Å². The van der Waals surface area contributed by atoms with Gasteiger partial charge in [-0.2, -0.15) is 0 Å². The molecule has 0 amide bonds. The summed E-state index contributed by atoms with van der Waals surface area (Å²) in [5, 5.41) is 90.9. The maximum atomic E-state index is 11.0. The third-order valence-corrected chi connectivity index (χ3v) is 5.74. The van der Waals surface area contributed by atoms with Crippen LogP contribution in [0.2, 0.25) is 5.02 Å². The number of non-ortho nitro benzene ring substituents is 1. The summed E-state index contributed by atoms with van der Waals surface area (Å²) in [4.78, 5) is 10.3. The molecule has 2 saturated heterocycles. The van der Waals surface area contributed by atoms with Crippen molar-refractivity contribution in [3.05, 3.63) is 38.9 Å². The first-order valence-corrected chi connectivity index (χ1v) is 9.63. The summed E-state index contributed by atoms with van der Waals surface area (Å²) in [5.74, 6) is 0. The number of benzene rings is 1. The summed E-state index contributed by atoms with van der Waals surface area (Å²) in [6.45, 7) is -1.06. The number of halogens is 1. The van der Waals surface area contributed by atoms with Gasteiger partial charge in [0.15, 0.2) is 18.9 Å².